The number of ether oxygens (including phenoxy) is 1. The summed E-state index contributed by atoms with van der Waals surface area (Å²) in [5.41, 5.74) is 0.288. The van der Waals surface area contributed by atoms with Gasteiger partial charge in [-0.1, -0.05) is 25.3 Å². The summed E-state index contributed by atoms with van der Waals surface area (Å²) in [4.78, 5) is 8.55. The summed E-state index contributed by atoms with van der Waals surface area (Å²) in [5.74, 6) is 1.70. The number of likely N-dealkylation sites (tertiary alicyclic amines) is 1. The Balaban J connectivity index is 1.44. The molecule has 0 aromatic carbocycles. The SMILES string of the molecule is CN=C(NCC1CCN(CCOC)CC1)NCC1(c2cccs2)CCCCC1. The zero-order valence-electron chi connectivity index (χ0n) is 17.7. The number of thiophene rings is 1. The molecule has 0 atom stereocenters. The third-order valence-corrected chi connectivity index (χ3v) is 7.67. The summed E-state index contributed by atoms with van der Waals surface area (Å²) in [7, 11) is 3.67. The minimum absolute atomic E-state index is 0.288. The Labute approximate surface area is 174 Å². The molecule has 2 N–H and O–H groups in total. The van der Waals surface area contributed by atoms with Crippen LogP contribution in [0, 0.1) is 5.92 Å². The molecule has 0 bridgehead atoms. The molecule has 28 heavy (non-hydrogen) atoms. The van der Waals surface area contributed by atoms with Gasteiger partial charge >= 0.3 is 0 Å². The van der Waals surface area contributed by atoms with Crippen LogP contribution in [0.3, 0.4) is 0 Å². The van der Waals surface area contributed by atoms with Gasteiger partial charge in [-0.3, -0.25) is 4.99 Å². The molecule has 1 aliphatic carbocycles. The molecule has 5 nitrogen and oxygen atoms in total. The molecule has 1 saturated carbocycles. The van der Waals surface area contributed by atoms with Crippen LogP contribution < -0.4 is 10.6 Å². The lowest BCUT2D eigenvalue weighted by atomic mass is 9.73. The van der Waals surface area contributed by atoms with Crippen molar-refractivity contribution in [1.82, 2.24) is 15.5 Å². The molecule has 1 aromatic rings. The van der Waals surface area contributed by atoms with E-state index >= 15 is 0 Å². The van der Waals surface area contributed by atoms with Crippen molar-refractivity contribution in [3.8, 4) is 0 Å². The highest BCUT2D eigenvalue weighted by Crippen LogP contribution is 2.41. The average Bonchev–Trinajstić information content (AvgIpc) is 3.29. The minimum Gasteiger partial charge on any atom is -0.383 e. The standard InChI is InChI=1S/C22H38N4OS/c1-23-21(24-17-19-8-12-26(13-9-19)14-15-27-2)25-18-22(10-4-3-5-11-22)20-7-6-16-28-20/h6-7,16,19H,3-5,8-15,17-18H2,1-2H3,(H2,23,24,25). The molecule has 3 rings (SSSR count). The lowest BCUT2D eigenvalue weighted by molar-refractivity contribution is 0.121. The van der Waals surface area contributed by atoms with Crippen molar-refractivity contribution in [3.63, 3.8) is 0 Å². The normalized spacial score (nSPS) is 21.6. The molecule has 1 aliphatic heterocycles. The van der Waals surface area contributed by atoms with Crippen molar-refractivity contribution in [2.75, 3.05) is 53.5 Å². The van der Waals surface area contributed by atoms with Crippen LogP contribution in [0.2, 0.25) is 0 Å². The molecule has 1 aromatic heterocycles. The molecule has 0 radical (unpaired) electrons. The van der Waals surface area contributed by atoms with E-state index < -0.39 is 0 Å². The van der Waals surface area contributed by atoms with E-state index in [2.05, 4.69) is 38.0 Å². The van der Waals surface area contributed by atoms with Crippen LogP contribution in [-0.2, 0) is 10.2 Å². The molecule has 2 aliphatic rings. The van der Waals surface area contributed by atoms with E-state index in [-0.39, 0.29) is 5.41 Å². The van der Waals surface area contributed by atoms with Gasteiger partial charge in [0.1, 0.15) is 0 Å². The van der Waals surface area contributed by atoms with Crippen LogP contribution in [0.5, 0.6) is 0 Å². The molecule has 0 spiro atoms. The quantitative estimate of drug-likeness (QED) is 0.513. The van der Waals surface area contributed by atoms with E-state index in [1.54, 1.807) is 12.0 Å². The third-order valence-electron chi connectivity index (χ3n) is 6.55. The molecule has 6 heteroatoms. The fraction of sp³-hybridized carbons (Fsp3) is 0.773. The third kappa shape index (κ3) is 5.94. The van der Waals surface area contributed by atoms with Gasteiger partial charge in [0.15, 0.2) is 5.96 Å². The monoisotopic (exact) mass is 406 g/mol. The zero-order chi connectivity index (χ0) is 19.7. The number of guanidine groups is 1. The highest BCUT2D eigenvalue weighted by molar-refractivity contribution is 7.10. The number of methoxy groups -OCH3 is 1. The smallest absolute Gasteiger partial charge is 0.191 e. The van der Waals surface area contributed by atoms with E-state index in [0.717, 1.165) is 38.1 Å². The van der Waals surface area contributed by atoms with Crippen molar-refractivity contribution in [2.24, 2.45) is 10.9 Å². The Morgan fingerprint density at radius 2 is 2.04 bits per heavy atom. The Hall–Kier alpha value is -1.11. The Kier molecular flexibility index (Phi) is 8.62. The zero-order valence-corrected chi connectivity index (χ0v) is 18.5. The summed E-state index contributed by atoms with van der Waals surface area (Å²) >= 11 is 1.92. The van der Waals surface area contributed by atoms with Gasteiger partial charge in [0.05, 0.1) is 6.61 Å². The van der Waals surface area contributed by atoms with Crippen LogP contribution in [0.25, 0.3) is 0 Å². The number of rotatable bonds is 8. The van der Waals surface area contributed by atoms with E-state index in [9.17, 15) is 0 Å². The number of nitrogens with zero attached hydrogens (tertiary/aromatic N) is 2. The first-order valence-corrected chi connectivity index (χ1v) is 11.8. The summed E-state index contributed by atoms with van der Waals surface area (Å²) in [6.45, 7) is 6.27. The van der Waals surface area contributed by atoms with Crippen molar-refractivity contribution >= 4 is 17.3 Å². The fourth-order valence-corrected chi connectivity index (χ4v) is 5.66. The molecule has 2 heterocycles. The molecule has 1 saturated heterocycles. The second-order valence-corrected chi connectivity index (χ2v) is 9.35. The van der Waals surface area contributed by atoms with Gasteiger partial charge in [-0.25, -0.2) is 0 Å². The Morgan fingerprint density at radius 3 is 2.68 bits per heavy atom. The highest BCUT2D eigenvalue weighted by Gasteiger charge is 2.35. The van der Waals surface area contributed by atoms with Crippen LogP contribution >= 0.6 is 11.3 Å². The molecule has 0 amide bonds. The number of hydrogen-bond donors (Lipinski definition) is 2. The second-order valence-electron chi connectivity index (χ2n) is 8.40. The summed E-state index contributed by atoms with van der Waals surface area (Å²) in [6.07, 6.45) is 9.15. The maximum absolute atomic E-state index is 5.20. The molecular weight excluding hydrogens is 368 g/mol. The number of aliphatic imine (C=N–C) groups is 1. The largest absolute Gasteiger partial charge is 0.383 e. The van der Waals surface area contributed by atoms with E-state index in [1.807, 2.05) is 18.4 Å². The fourth-order valence-electron chi connectivity index (χ4n) is 4.67. The van der Waals surface area contributed by atoms with Crippen molar-refractivity contribution in [2.45, 2.75) is 50.4 Å². The number of hydrogen-bond acceptors (Lipinski definition) is 4. The second kappa shape index (κ2) is 11.2. The number of piperidine rings is 1. The first-order valence-electron chi connectivity index (χ1n) is 11.0. The van der Waals surface area contributed by atoms with Crippen LogP contribution in [0.4, 0.5) is 0 Å². The minimum atomic E-state index is 0.288. The Morgan fingerprint density at radius 1 is 1.25 bits per heavy atom. The van der Waals surface area contributed by atoms with Gasteiger partial charge in [-0.05, 0) is 56.1 Å². The van der Waals surface area contributed by atoms with Gasteiger partial charge in [-0.2, -0.15) is 0 Å². The van der Waals surface area contributed by atoms with Crippen LogP contribution in [0.15, 0.2) is 22.5 Å². The summed E-state index contributed by atoms with van der Waals surface area (Å²) < 4.78 is 5.20. The summed E-state index contributed by atoms with van der Waals surface area (Å²) in [5, 5.41) is 9.48. The first kappa shape index (κ1) is 21.6. The van der Waals surface area contributed by atoms with E-state index in [1.165, 1.54) is 58.0 Å². The lowest BCUT2D eigenvalue weighted by Crippen LogP contribution is -2.48. The highest BCUT2D eigenvalue weighted by atomic mass is 32.1. The van der Waals surface area contributed by atoms with Gasteiger partial charge in [0, 0.05) is 44.1 Å². The molecule has 2 fully saturated rings. The van der Waals surface area contributed by atoms with Gasteiger partial charge < -0.3 is 20.3 Å². The predicted molar refractivity (Wildman–Crippen MR) is 119 cm³/mol. The van der Waals surface area contributed by atoms with Gasteiger partial charge in [-0.15, -0.1) is 11.3 Å². The number of nitrogens with one attached hydrogen (secondary N) is 2. The molecule has 0 unspecified atom stereocenters. The van der Waals surface area contributed by atoms with Crippen molar-refractivity contribution < 1.29 is 4.74 Å². The van der Waals surface area contributed by atoms with Crippen LogP contribution in [0.1, 0.15) is 49.8 Å². The topological polar surface area (TPSA) is 48.9 Å². The van der Waals surface area contributed by atoms with E-state index in [0.29, 0.717) is 0 Å². The van der Waals surface area contributed by atoms with Gasteiger partial charge in [0.2, 0.25) is 0 Å². The summed E-state index contributed by atoms with van der Waals surface area (Å²) in [6, 6.07) is 4.52. The molecule has 158 valence electrons. The maximum atomic E-state index is 5.20. The van der Waals surface area contributed by atoms with Crippen LogP contribution in [-0.4, -0.2) is 64.3 Å². The lowest BCUT2D eigenvalue weighted by Gasteiger charge is -2.37. The molecular formula is C22H38N4OS. The predicted octanol–water partition coefficient (Wildman–Crippen LogP) is 3.47. The van der Waals surface area contributed by atoms with E-state index in [4.69, 9.17) is 4.74 Å². The first-order chi connectivity index (χ1) is 13.8. The Bertz CT molecular complexity index is 575. The average molecular weight is 407 g/mol. The van der Waals surface area contributed by atoms with Crippen molar-refractivity contribution in [1.29, 1.82) is 0 Å². The maximum Gasteiger partial charge on any atom is 0.191 e. The van der Waals surface area contributed by atoms with Crippen molar-refractivity contribution in [3.05, 3.63) is 22.4 Å². The van der Waals surface area contributed by atoms with Gasteiger partial charge in [0.25, 0.3) is 0 Å².